The molecule has 0 unspecified atom stereocenters. The summed E-state index contributed by atoms with van der Waals surface area (Å²) in [4.78, 5) is 25.0. The molecule has 1 atom stereocenters. The third-order valence-electron chi connectivity index (χ3n) is 4.63. The molecule has 0 saturated heterocycles. The molecule has 4 nitrogen and oxygen atoms in total. The quantitative estimate of drug-likeness (QED) is 0.918. The lowest BCUT2D eigenvalue weighted by Crippen LogP contribution is -2.27. The van der Waals surface area contributed by atoms with Gasteiger partial charge in [-0.1, -0.05) is 44.2 Å². The summed E-state index contributed by atoms with van der Waals surface area (Å²) in [7, 11) is 0. The third kappa shape index (κ3) is 3.01. The lowest BCUT2D eigenvalue weighted by Gasteiger charge is -2.27. The number of carbonyl (C=O) groups excluding carboxylic acids is 2. The molecule has 24 heavy (non-hydrogen) atoms. The molecule has 4 heteroatoms. The van der Waals surface area contributed by atoms with Crippen LogP contribution in [0.1, 0.15) is 71.0 Å². The van der Waals surface area contributed by atoms with Gasteiger partial charge >= 0.3 is 0 Å². The van der Waals surface area contributed by atoms with Crippen LogP contribution in [0.4, 0.5) is 0 Å². The molecule has 0 fully saturated rings. The van der Waals surface area contributed by atoms with Crippen LogP contribution in [0, 0.1) is 12.3 Å². The molecule has 1 heterocycles. The van der Waals surface area contributed by atoms with Crippen LogP contribution < -0.4 is 5.32 Å². The van der Waals surface area contributed by atoms with E-state index in [1.807, 2.05) is 51.1 Å². The molecule has 1 N–H and O–H groups in total. The van der Waals surface area contributed by atoms with E-state index in [9.17, 15) is 9.59 Å². The molecule has 0 aliphatic heterocycles. The average Bonchev–Trinajstić information content (AvgIpc) is 2.83. The SMILES string of the molecule is Cc1c(C(=O)N[C@@H](C)c2ccccc2)oc2c1C(=O)CC(C)(C)C2. The van der Waals surface area contributed by atoms with Gasteiger partial charge in [-0.2, -0.15) is 0 Å². The van der Waals surface area contributed by atoms with Crippen LogP contribution in [-0.4, -0.2) is 11.7 Å². The standard InChI is InChI=1S/C20H23NO3/c1-12-17-15(22)10-20(3,4)11-16(17)24-18(12)19(23)21-13(2)14-8-6-5-7-9-14/h5-9,13H,10-11H2,1-4H3,(H,21,23)/t13-/m0/s1. The van der Waals surface area contributed by atoms with E-state index in [0.717, 1.165) is 5.56 Å². The number of carbonyl (C=O) groups is 2. The Morgan fingerprint density at radius 1 is 1.21 bits per heavy atom. The van der Waals surface area contributed by atoms with Gasteiger partial charge in [-0.05, 0) is 24.8 Å². The Labute approximate surface area is 142 Å². The number of nitrogens with one attached hydrogen (secondary N) is 1. The van der Waals surface area contributed by atoms with Crippen molar-refractivity contribution in [1.29, 1.82) is 0 Å². The molecule has 1 aliphatic carbocycles. The number of amides is 1. The average molecular weight is 325 g/mol. The minimum atomic E-state index is -0.274. The van der Waals surface area contributed by atoms with Crippen molar-refractivity contribution < 1.29 is 14.0 Å². The summed E-state index contributed by atoms with van der Waals surface area (Å²) in [6.45, 7) is 7.81. The second-order valence-corrected chi connectivity index (χ2v) is 7.40. The van der Waals surface area contributed by atoms with Crippen LogP contribution in [0.5, 0.6) is 0 Å². The third-order valence-corrected chi connectivity index (χ3v) is 4.63. The predicted molar refractivity (Wildman–Crippen MR) is 92.2 cm³/mol. The summed E-state index contributed by atoms with van der Waals surface area (Å²) in [5.41, 5.74) is 2.16. The van der Waals surface area contributed by atoms with E-state index in [4.69, 9.17) is 4.42 Å². The largest absolute Gasteiger partial charge is 0.455 e. The smallest absolute Gasteiger partial charge is 0.287 e. The first kappa shape index (κ1) is 16.5. The molecule has 1 aromatic carbocycles. The Balaban J connectivity index is 1.86. The first-order valence-electron chi connectivity index (χ1n) is 8.30. The van der Waals surface area contributed by atoms with Gasteiger partial charge in [0.05, 0.1) is 11.6 Å². The summed E-state index contributed by atoms with van der Waals surface area (Å²) in [5, 5.41) is 2.95. The lowest BCUT2D eigenvalue weighted by molar-refractivity contribution is 0.0883. The van der Waals surface area contributed by atoms with Crippen LogP contribution in [0.15, 0.2) is 34.7 Å². The fourth-order valence-corrected chi connectivity index (χ4v) is 3.39. The summed E-state index contributed by atoms with van der Waals surface area (Å²) in [5.74, 6) is 0.696. The highest BCUT2D eigenvalue weighted by Gasteiger charge is 2.37. The van der Waals surface area contributed by atoms with Crippen LogP contribution in [-0.2, 0) is 6.42 Å². The van der Waals surface area contributed by atoms with E-state index in [1.165, 1.54) is 0 Å². The Morgan fingerprint density at radius 3 is 2.54 bits per heavy atom. The molecule has 1 aromatic heterocycles. The van der Waals surface area contributed by atoms with Crippen LogP contribution in [0.2, 0.25) is 0 Å². The normalized spacial score (nSPS) is 17.2. The second kappa shape index (κ2) is 5.93. The fraction of sp³-hybridized carbons (Fsp3) is 0.400. The Kier molecular flexibility index (Phi) is 4.08. The molecule has 0 spiro atoms. The number of furan rings is 1. The highest BCUT2D eigenvalue weighted by Crippen LogP contribution is 2.38. The number of hydrogen-bond acceptors (Lipinski definition) is 3. The zero-order chi connectivity index (χ0) is 17.5. The molecular weight excluding hydrogens is 302 g/mol. The molecule has 1 aliphatic rings. The van der Waals surface area contributed by atoms with Crippen molar-refractivity contribution in [3.05, 3.63) is 58.5 Å². The minimum Gasteiger partial charge on any atom is -0.455 e. The van der Waals surface area contributed by atoms with E-state index in [2.05, 4.69) is 5.32 Å². The molecule has 0 bridgehead atoms. The van der Waals surface area contributed by atoms with Crippen molar-refractivity contribution in [2.45, 2.75) is 46.6 Å². The molecule has 0 radical (unpaired) electrons. The number of Topliss-reactive ketones (excluding diaryl/α,β-unsaturated/α-hetero) is 1. The number of hydrogen-bond donors (Lipinski definition) is 1. The Morgan fingerprint density at radius 2 is 1.88 bits per heavy atom. The topological polar surface area (TPSA) is 59.3 Å². The number of fused-ring (bicyclic) bond motifs is 1. The maximum Gasteiger partial charge on any atom is 0.287 e. The van der Waals surface area contributed by atoms with Gasteiger partial charge in [0.15, 0.2) is 11.5 Å². The van der Waals surface area contributed by atoms with Crippen LogP contribution in [0.3, 0.4) is 0 Å². The number of rotatable bonds is 3. The summed E-state index contributed by atoms with van der Waals surface area (Å²) < 4.78 is 5.81. The van der Waals surface area contributed by atoms with Crippen molar-refractivity contribution in [3.63, 3.8) is 0 Å². The maximum atomic E-state index is 12.6. The first-order valence-corrected chi connectivity index (χ1v) is 8.30. The highest BCUT2D eigenvalue weighted by molar-refractivity contribution is 6.03. The maximum absolute atomic E-state index is 12.6. The Bertz CT molecular complexity index is 787. The van der Waals surface area contributed by atoms with Crippen molar-refractivity contribution in [2.24, 2.45) is 5.41 Å². The van der Waals surface area contributed by atoms with Gasteiger partial charge in [0, 0.05) is 18.4 Å². The minimum absolute atomic E-state index is 0.0673. The van der Waals surface area contributed by atoms with Crippen LogP contribution in [0.25, 0.3) is 0 Å². The predicted octanol–water partition coefficient (Wildman–Crippen LogP) is 4.23. The lowest BCUT2D eigenvalue weighted by atomic mass is 9.76. The summed E-state index contributed by atoms with van der Waals surface area (Å²) in [6.07, 6.45) is 1.16. The fourth-order valence-electron chi connectivity index (χ4n) is 3.39. The second-order valence-electron chi connectivity index (χ2n) is 7.40. The molecule has 126 valence electrons. The van der Waals surface area contributed by atoms with Crippen molar-refractivity contribution in [1.82, 2.24) is 5.32 Å². The Hall–Kier alpha value is -2.36. The van der Waals surface area contributed by atoms with Gasteiger partial charge < -0.3 is 9.73 Å². The van der Waals surface area contributed by atoms with Gasteiger partial charge in [0.1, 0.15) is 5.76 Å². The van der Waals surface area contributed by atoms with E-state index in [0.29, 0.717) is 29.7 Å². The van der Waals surface area contributed by atoms with Crippen LogP contribution >= 0.6 is 0 Å². The molecule has 3 rings (SSSR count). The van der Waals surface area contributed by atoms with Crippen molar-refractivity contribution in [3.8, 4) is 0 Å². The van der Waals surface area contributed by atoms with Gasteiger partial charge in [-0.15, -0.1) is 0 Å². The van der Waals surface area contributed by atoms with E-state index in [-0.39, 0.29) is 28.9 Å². The summed E-state index contributed by atoms with van der Waals surface area (Å²) in [6, 6.07) is 9.63. The zero-order valence-electron chi connectivity index (χ0n) is 14.6. The number of ketones is 1. The molecule has 1 amide bonds. The summed E-state index contributed by atoms with van der Waals surface area (Å²) >= 11 is 0. The van der Waals surface area contributed by atoms with Crippen molar-refractivity contribution in [2.75, 3.05) is 0 Å². The number of benzene rings is 1. The van der Waals surface area contributed by atoms with E-state index >= 15 is 0 Å². The zero-order valence-corrected chi connectivity index (χ0v) is 14.6. The molecular formula is C20H23NO3. The van der Waals surface area contributed by atoms with Gasteiger partial charge in [-0.3, -0.25) is 9.59 Å². The van der Waals surface area contributed by atoms with Gasteiger partial charge in [0.2, 0.25) is 0 Å². The van der Waals surface area contributed by atoms with Gasteiger partial charge in [-0.25, -0.2) is 0 Å². The van der Waals surface area contributed by atoms with E-state index in [1.54, 1.807) is 6.92 Å². The van der Waals surface area contributed by atoms with Gasteiger partial charge in [0.25, 0.3) is 5.91 Å². The monoisotopic (exact) mass is 325 g/mol. The van der Waals surface area contributed by atoms with E-state index < -0.39 is 0 Å². The van der Waals surface area contributed by atoms with Crippen molar-refractivity contribution >= 4 is 11.7 Å². The molecule has 0 saturated carbocycles. The first-order chi connectivity index (χ1) is 11.3. The molecule has 2 aromatic rings. The highest BCUT2D eigenvalue weighted by atomic mass is 16.4.